The fourth-order valence-electron chi connectivity index (χ4n) is 2.05. The van der Waals surface area contributed by atoms with Crippen LogP contribution < -0.4 is 16.0 Å². The maximum Gasteiger partial charge on any atom is 0.256 e. The number of benzene rings is 1. The summed E-state index contributed by atoms with van der Waals surface area (Å²) in [6.45, 7) is 3.30. The molecule has 2 rings (SSSR count). The predicted molar refractivity (Wildman–Crippen MR) is 94.4 cm³/mol. The van der Waals surface area contributed by atoms with E-state index in [0.29, 0.717) is 29.2 Å². The van der Waals surface area contributed by atoms with Crippen LogP contribution in [0.3, 0.4) is 0 Å². The smallest absolute Gasteiger partial charge is 0.256 e. The van der Waals surface area contributed by atoms with Gasteiger partial charge in [0.1, 0.15) is 5.00 Å². The van der Waals surface area contributed by atoms with E-state index in [1.807, 2.05) is 19.2 Å². The van der Waals surface area contributed by atoms with E-state index in [9.17, 15) is 9.59 Å². The van der Waals surface area contributed by atoms with Gasteiger partial charge in [-0.25, -0.2) is 0 Å². The highest BCUT2D eigenvalue weighted by molar-refractivity contribution is 7.14. The molecule has 0 spiro atoms. The van der Waals surface area contributed by atoms with Crippen molar-refractivity contribution in [3.8, 4) is 0 Å². The molecule has 0 saturated carbocycles. The van der Waals surface area contributed by atoms with Crippen LogP contribution in [0, 0.1) is 0 Å². The van der Waals surface area contributed by atoms with Crippen LogP contribution in [0.1, 0.15) is 33.2 Å². The Labute approximate surface area is 140 Å². The van der Waals surface area contributed by atoms with Crippen LogP contribution in [0.25, 0.3) is 0 Å². The van der Waals surface area contributed by atoms with Crippen molar-refractivity contribution >= 4 is 28.2 Å². The van der Waals surface area contributed by atoms with E-state index >= 15 is 0 Å². The minimum Gasteiger partial charge on any atom is -0.351 e. The molecule has 1 heterocycles. The van der Waals surface area contributed by atoms with Crippen LogP contribution in [0.2, 0.25) is 0 Å². The number of nitrogens with one attached hydrogen (secondary N) is 3. The molecule has 1 aromatic carbocycles. The van der Waals surface area contributed by atoms with E-state index in [4.69, 9.17) is 0 Å². The Morgan fingerprint density at radius 1 is 1.04 bits per heavy atom. The first-order valence-electron chi connectivity index (χ1n) is 7.56. The highest BCUT2D eigenvalue weighted by atomic mass is 32.1. The summed E-state index contributed by atoms with van der Waals surface area (Å²) >= 11 is 1.34. The van der Waals surface area contributed by atoms with Crippen LogP contribution in [0.5, 0.6) is 0 Å². The first-order chi connectivity index (χ1) is 11.2. The van der Waals surface area contributed by atoms with Gasteiger partial charge in [0.05, 0.1) is 5.56 Å². The lowest BCUT2D eigenvalue weighted by Crippen LogP contribution is -2.30. The zero-order valence-corrected chi connectivity index (χ0v) is 14.1. The van der Waals surface area contributed by atoms with Crippen LogP contribution in [-0.2, 0) is 6.42 Å². The van der Waals surface area contributed by atoms with Gasteiger partial charge in [0.25, 0.3) is 11.8 Å². The Bertz CT molecular complexity index is 665. The number of thiophene rings is 1. The van der Waals surface area contributed by atoms with Crippen molar-refractivity contribution in [2.45, 2.75) is 13.3 Å². The normalized spacial score (nSPS) is 10.3. The van der Waals surface area contributed by atoms with Gasteiger partial charge in [-0.3, -0.25) is 9.59 Å². The first-order valence-corrected chi connectivity index (χ1v) is 8.44. The van der Waals surface area contributed by atoms with Gasteiger partial charge in [-0.1, -0.05) is 19.1 Å². The molecule has 1 aromatic heterocycles. The summed E-state index contributed by atoms with van der Waals surface area (Å²) in [6.07, 6.45) is 0.934. The number of carbonyl (C=O) groups excluding carboxylic acids is 2. The molecular formula is C17H21N3O2S. The third-order valence-corrected chi connectivity index (χ3v) is 4.25. The molecule has 0 aliphatic heterocycles. The molecule has 0 radical (unpaired) electrons. The van der Waals surface area contributed by atoms with Crippen molar-refractivity contribution in [1.82, 2.24) is 10.6 Å². The van der Waals surface area contributed by atoms with Gasteiger partial charge in [-0.15, -0.1) is 11.3 Å². The molecule has 3 N–H and O–H groups in total. The molecule has 6 heteroatoms. The van der Waals surface area contributed by atoms with E-state index in [1.165, 1.54) is 16.9 Å². The highest BCUT2D eigenvalue weighted by Crippen LogP contribution is 2.24. The molecule has 5 nitrogen and oxygen atoms in total. The molecule has 0 aliphatic rings. The van der Waals surface area contributed by atoms with Gasteiger partial charge in [-0.2, -0.15) is 0 Å². The lowest BCUT2D eigenvalue weighted by Gasteiger charge is -2.08. The molecule has 23 heavy (non-hydrogen) atoms. The summed E-state index contributed by atoms with van der Waals surface area (Å²) in [7, 11) is 1.83. The zero-order chi connectivity index (χ0) is 16.7. The summed E-state index contributed by atoms with van der Waals surface area (Å²) in [4.78, 5) is 24.4. The molecule has 0 fully saturated rings. The van der Waals surface area contributed by atoms with Crippen LogP contribution in [-0.4, -0.2) is 32.0 Å². The zero-order valence-electron chi connectivity index (χ0n) is 13.3. The van der Waals surface area contributed by atoms with Crippen molar-refractivity contribution in [2.75, 3.05) is 25.5 Å². The summed E-state index contributed by atoms with van der Waals surface area (Å²) < 4.78 is 0. The second-order valence-electron chi connectivity index (χ2n) is 5.03. The number of rotatable bonds is 7. The Kier molecular flexibility index (Phi) is 6.31. The minimum atomic E-state index is -0.209. The number of likely N-dealkylation sites (N-methyl/N-ethyl adjacent to an activating group) is 1. The average molecular weight is 331 g/mol. The largest absolute Gasteiger partial charge is 0.351 e. The van der Waals surface area contributed by atoms with E-state index in [0.717, 1.165) is 6.42 Å². The molecule has 0 unspecified atom stereocenters. The second kappa shape index (κ2) is 8.45. The monoisotopic (exact) mass is 331 g/mol. The van der Waals surface area contributed by atoms with Gasteiger partial charge in [0, 0.05) is 18.7 Å². The van der Waals surface area contributed by atoms with Crippen molar-refractivity contribution in [3.63, 3.8) is 0 Å². The molecule has 2 aromatic rings. The van der Waals surface area contributed by atoms with Crippen LogP contribution in [0.4, 0.5) is 5.00 Å². The Balaban J connectivity index is 2.03. The SMILES string of the molecule is CCc1ccc(C(=O)Nc2sccc2C(=O)NCCNC)cc1. The number of hydrogen-bond donors (Lipinski definition) is 3. The van der Waals surface area contributed by atoms with Crippen LogP contribution in [0.15, 0.2) is 35.7 Å². The van der Waals surface area contributed by atoms with Gasteiger partial charge < -0.3 is 16.0 Å². The topological polar surface area (TPSA) is 70.2 Å². The third-order valence-electron chi connectivity index (χ3n) is 3.42. The van der Waals surface area contributed by atoms with E-state index < -0.39 is 0 Å². The lowest BCUT2D eigenvalue weighted by molar-refractivity contribution is 0.0955. The van der Waals surface area contributed by atoms with Gasteiger partial charge >= 0.3 is 0 Å². The van der Waals surface area contributed by atoms with Gasteiger partial charge in [0.2, 0.25) is 0 Å². The maximum atomic E-state index is 12.3. The quantitative estimate of drug-likeness (QED) is 0.683. The summed E-state index contributed by atoms with van der Waals surface area (Å²) in [5.74, 6) is -0.391. The molecular weight excluding hydrogens is 310 g/mol. The summed E-state index contributed by atoms with van der Waals surface area (Å²) in [5, 5.41) is 11.0. The van der Waals surface area contributed by atoms with E-state index in [2.05, 4.69) is 22.9 Å². The Morgan fingerprint density at radius 2 is 1.78 bits per heavy atom. The highest BCUT2D eigenvalue weighted by Gasteiger charge is 2.15. The maximum absolute atomic E-state index is 12.3. The fourth-order valence-corrected chi connectivity index (χ4v) is 2.83. The summed E-state index contributed by atoms with van der Waals surface area (Å²) in [6, 6.07) is 9.20. The molecule has 0 bridgehead atoms. The van der Waals surface area contributed by atoms with Crippen molar-refractivity contribution in [1.29, 1.82) is 0 Å². The Hall–Kier alpha value is -2.18. The number of aryl methyl sites for hydroxylation is 1. The molecule has 0 atom stereocenters. The van der Waals surface area contributed by atoms with Crippen molar-refractivity contribution in [3.05, 3.63) is 52.4 Å². The number of hydrogen-bond acceptors (Lipinski definition) is 4. The van der Waals surface area contributed by atoms with Gasteiger partial charge in [0.15, 0.2) is 0 Å². The predicted octanol–water partition coefficient (Wildman–Crippen LogP) is 2.51. The van der Waals surface area contributed by atoms with Crippen LogP contribution >= 0.6 is 11.3 Å². The standard InChI is InChI=1S/C17H21N3O2S/c1-3-12-4-6-13(7-5-12)15(21)20-17-14(8-11-23-17)16(22)19-10-9-18-2/h4-8,11,18H,3,9-10H2,1-2H3,(H,19,22)(H,20,21). The van der Waals surface area contributed by atoms with Crippen molar-refractivity contribution in [2.24, 2.45) is 0 Å². The Morgan fingerprint density at radius 3 is 2.43 bits per heavy atom. The molecule has 122 valence electrons. The number of anilines is 1. The van der Waals surface area contributed by atoms with Gasteiger partial charge in [-0.05, 0) is 42.6 Å². The first kappa shape index (κ1) is 17.2. The van der Waals surface area contributed by atoms with E-state index in [-0.39, 0.29) is 11.8 Å². The number of amides is 2. The number of carbonyl (C=O) groups is 2. The minimum absolute atomic E-state index is 0.182. The molecule has 0 saturated heterocycles. The molecule has 2 amide bonds. The fraction of sp³-hybridized carbons (Fsp3) is 0.294. The average Bonchev–Trinajstić information content (AvgIpc) is 3.03. The molecule has 0 aliphatic carbocycles. The third kappa shape index (κ3) is 4.64. The lowest BCUT2D eigenvalue weighted by atomic mass is 10.1. The van der Waals surface area contributed by atoms with E-state index in [1.54, 1.807) is 23.6 Å². The van der Waals surface area contributed by atoms with Crippen molar-refractivity contribution < 1.29 is 9.59 Å². The second-order valence-corrected chi connectivity index (χ2v) is 5.94. The summed E-state index contributed by atoms with van der Waals surface area (Å²) in [5.41, 5.74) is 2.25.